The van der Waals surface area contributed by atoms with Gasteiger partial charge in [-0.2, -0.15) is 0 Å². The topological polar surface area (TPSA) is 78.4 Å². The van der Waals surface area contributed by atoms with Gasteiger partial charge in [0.15, 0.2) is 0 Å². The zero-order valence-electron chi connectivity index (χ0n) is 19.3. The molecule has 0 radical (unpaired) electrons. The van der Waals surface area contributed by atoms with Gasteiger partial charge in [0.2, 0.25) is 11.8 Å². The summed E-state index contributed by atoms with van der Waals surface area (Å²) >= 11 is 0. The Hall–Kier alpha value is -4.38. The summed E-state index contributed by atoms with van der Waals surface area (Å²) < 4.78 is 0. The van der Waals surface area contributed by atoms with Crippen LogP contribution in [0.5, 0.6) is 5.75 Å². The molecule has 0 fully saturated rings. The number of hydrogen-bond donors (Lipinski definition) is 3. The first-order chi connectivity index (χ1) is 17.1. The molecule has 0 aromatic heterocycles. The number of rotatable bonds is 9. The van der Waals surface area contributed by atoms with Crippen molar-refractivity contribution in [3.05, 3.63) is 138 Å². The second-order valence-corrected chi connectivity index (χ2v) is 8.39. The Bertz CT molecular complexity index is 1190. The van der Waals surface area contributed by atoms with Gasteiger partial charge >= 0.3 is 0 Å². The predicted molar refractivity (Wildman–Crippen MR) is 137 cm³/mol. The number of nitrogens with one attached hydrogen (secondary N) is 2. The summed E-state index contributed by atoms with van der Waals surface area (Å²) in [5, 5.41) is 15.4. The van der Waals surface area contributed by atoms with Gasteiger partial charge in [0, 0.05) is 13.0 Å². The molecule has 4 aromatic rings. The van der Waals surface area contributed by atoms with Crippen LogP contribution >= 0.6 is 0 Å². The summed E-state index contributed by atoms with van der Waals surface area (Å²) in [6, 6.07) is 34.7. The van der Waals surface area contributed by atoms with E-state index in [4.69, 9.17) is 0 Å². The Morgan fingerprint density at radius 2 is 1.14 bits per heavy atom. The fourth-order valence-corrected chi connectivity index (χ4v) is 4.03. The zero-order valence-corrected chi connectivity index (χ0v) is 19.3. The van der Waals surface area contributed by atoms with E-state index in [9.17, 15) is 14.7 Å². The average molecular weight is 465 g/mol. The molecule has 4 aromatic carbocycles. The van der Waals surface area contributed by atoms with E-state index >= 15 is 0 Å². The Kier molecular flexibility index (Phi) is 7.92. The zero-order chi connectivity index (χ0) is 24.5. The Balaban J connectivity index is 1.56. The van der Waals surface area contributed by atoms with Crippen molar-refractivity contribution < 1.29 is 14.7 Å². The number of hydrogen-bond acceptors (Lipinski definition) is 3. The molecule has 5 heteroatoms. The molecule has 0 bridgehead atoms. The Labute approximate surface area is 205 Å². The fourth-order valence-electron chi connectivity index (χ4n) is 4.03. The molecule has 4 rings (SSSR count). The van der Waals surface area contributed by atoms with Crippen LogP contribution in [0.2, 0.25) is 0 Å². The fraction of sp³-hybridized carbons (Fsp3) is 0.133. The second kappa shape index (κ2) is 11.7. The minimum atomic E-state index is -0.753. The lowest BCUT2D eigenvalue weighted by Crippen LogP contribution is -2.49. The van der Waals surface area contributed by atoms with Crippen molar-refractivity contribution in [2.45, 2.75) is 24.9 Å². The van der Waals surface area contributed by atoms with Gasteiger partial charge in [-0.05, 0) is 34.4 Å². The molecule has 0 heterocycles. The van der Waals surface area contributed by atoms with Gasteiger partial charge in [-0.3, -0.25) is 9.59 Å². The van der Waals surface area contributed by atoms with E-state index in [0.717, 1.165) is 22.3 Å². The quantitative estimate of drug-likeness (QED) is 0.340. The highest BCUT2D eigenvalue weighted by Crippen LogP contribution is 2.25. The maximum atomic E-state index is 13.6. The van der Waals surface area contributed by atoms with Gasteiger partial charge in [-0.15, -0.1) is 0 Å². The molecule has 1 atom stereocenters. The molecule has 1 unspecified atom stereocenters. The van der Waals surface area contributed by atoms with Gasteiger partial charge in [0.25, 0.3) is 0 Å². The van der Waals surface area contributed by atoms with Gasteiger partial charge < -0.3 is 15.7 Å². The van der Waals surface area contributed by atoms with Crippen molar-refractivity contribution in [1.82, 2.24) is 10.6 Å². The lowest BCUT2D eigenvalue weighted by molar-refractivity contribution is -0.129. The summed E-state index contributed by atoms with van der Waals surface area (Å²) in [6.45, 7) is 0.293. The van der Waals surface area contributed by atoms with Crippen molar-refractivity contribution in [3.8, 4) is 5.75 Å². The monoisotopic (exact) mass is 464 g/mol. The van der Waals surface area contributed by atoms with Crippen molar-refractivity contribution in [2.75, 3.05) is 0 Å². The van der Waals surface area contributed by atoms with Crippen LogP contribution in [-0.2, 0) is 22.6 Å². The van der Waals surface area contributed by atoms with Gasteiger partial charge in [-0.25, -0.2) is 0 Å². The number of amides is 2. The van der Waals surface area contributed by atoms with Crippen LogP contribution < -0.4 is 10.6 Å². The summed E-state index contributed by atoms with van der Waals surface area (Å²) in [5.74, 6) is -0.874. The number of phenolic OH excluding ortho intramolecular Hbond substituents is 1. The van der Waals surface area contributed by atoms with Crippen molar-refractivity contribution in [1.29, 1.82) is 0 Å². The molecule has 0 aliphatic rings. The van der Waals surface area contributed by atoms with E-state index in [1.54, 1.807) is 24.3 Å². The first-order valence-electron chi connectivity index (χ1n) is 11.6. The van der Waals surface area contributed by atoms with Crippen LogP contribution in [0.4, 0.5) is 0 Å². The van der Waals surface area contributed by atoms with Crippen molar-refractivity contribution >= 4 is 11.8 Å². The van der Waals surface area contributed by atoms with Crippen LogP contribution in [-0.4, -0.2) is 23.0 Å². The molecular formula is C30H28N2O3. The lowest BCUT2D eigenvalue weighted by atomic mass is 9.90. The number of carbonyl (C=O) groups excluding carboxylic acids is 2. The van der Waals surface area contributed by atoms with Gasteiger partial charge in [-0.1, -0.05) is 103 Å². The van der Waals surface area contributed by atoms with Crippen LogP contribution in [0.1, 0.15) is 28.2 Å². The molecule has 5 nitrogen and oxygen atoms in total. The third-order valence-electron chi connectivity index (χ3n) is 5.85. The minimum absolute atomic E-state index is 0.169. The normalized spacial score (nSPS) is 11.6. The van der Waals surface area contributed by atoms with E-state index in [2.05, 4.69) is 10.6 Å². The van der Waals surface area contributed by atoms with E-state index in [0.29, 0.717) is 13.0 Å². The third-order valence-corrected chi connectivity index (χ3v) is 5.85. The molecule has 0 aliphatic heterocycles. The average Bonchev–Trinajstić information content (AvgIpc) is 2.90. The third kappa shape index (κ3) is 6.58. The highest BCUT2D eigenvalue weighted by Gasteiger charge is 2.28. The summed E-state index contributed by atoms with van der Waals surface area (Å²) in [6.07, 6.45) is 0.365. The molecular weight excluding hydrogens is 436 g/mol. The van der Waals surface area contributed by atoms with Crippen LogP contribution in [0.3, 0.4) is 0 Å². The lowest BCUT2D eigenvalue weighted by Gasteiger charge is -2.23. The van der Waals surface area contributed by atoms with Crippen molar-refractivity contribution in [3.63, 3.8) is 0 Å². The first kappa shape index (κ1) is 23.8. The summed E-state index contributed by atoms with van der Waals surface area (Å²) in [7, 11) is 0. The second-order valence-electron chi connectivity index (χ2n) is 8.39. The van der Waals surface area contributed by atoms with E-state index < -0.39 is 12.0 Å². The Morgan fingerprint density at radius 1 is 0.629 bits per heavy atom. The first-order valence-corrected chi connectivity index (χ1v) is 11.6. The number of aromatic hydroxyl groups is 1. The predicted octanol–water partition coefficient (Wildman–Crippen LogP) is 4.57. The highest BCUT2D eigenvalue weighted by atomic mass is 16.3. The largest absolute Gasteiger partial charge is 0.508 e. The SMILES string of the molecule is O=C(NCc1ccc(O)cc1)C(Cc1ccccc1)NC(=O)C(c1ccccc1)c1ccccc1. The van der Waals surface area contributed by atoms with Gasteiger partial charge in [0.05, 0.1) is 5.92 Å². The standard InChI is InChI=1S/C30H28N2O3/c33-26-18-16-23(17-19-26)21-31-29(34)27(20-22-10-4-1-5-11-22)32-30(35)28(24-12-6-2-7-13-24)25-14-8-3-9-15-25/h1-19,27-28,33H,20-21H2,(H,31,34)(H,32,35). The van der Waals surface area contributed by atoms with Crippen molar-refractivity contribution in [2.24, 2.45) is 0 Å². The van der Waals surface area contributed by atoms with E-state index in [-0.39, 0.29) is 17.6 Å². The molecule has 35 heavy (non-hydrogen) atoms. The highest BCUT2D eigenvalue weighted by molar-refractivity contribution is 5.92. The molecule has 3 N–H and O–H groups in total. The molecule has 176 valence electrons. The minimum Gasteiger partial charge on any atom is -0.508 e. The maximum absolute atomic E-state index is 13.6. The molecule has 2 amide bonds. The van der Waals surface area contributed by atoms with E-state index in [1.165, 1.54) is 0 Å². The number of carbonyl (C=O) groups is 2. The van der Waals surface area contributed by atoms with Crippen LogP contribution in [0.25, 0.3) is 0 Å². The summed E-state index contributed by atoms with van der Waals surface area (Å²) in [4.78, 5) is 26.9. The van der Waals surface area contributed by atoms with E-state index in [1.807, 2.05) is 91.0 Å². The number of phenols is 1. The molecule has 0 spiro atoms. The molecule has 0 saturated heterocycles. The number of benzene rings is 4. The molecule has 0 saturated carbocycles. The Morgan fingerprint density at radius 3 is 1.69 bits per heavy atom. The smallest absolute Gasteiger partial charge is 0.243 e. The van der Waals surface area contributed by atoms with Crippen LogP contribution in [0.15, 0.2) is 115 Å². The van der Waals surface area contributed by atoms with Gasteiger partial charge in [0.1, 0.15) is 11.8 Å². The summed E-state index contributed by atoms with van der Waals surface area (Å²) in [5.41, 5.74) is 3.53. The maximum Gasteiger partial charge on any atom is 0.243 e. The molecule has 0 aliphatic carbocycles. The van der Waals surface area contributed by atoms with Crippen LogP contribution in [0, 0.1) is 0 Å².